The molecule has 0 saturated heterocycles. The van der Waals surface area contributed by atoms with Crippen molar-refractivity contribution in [1.82, 2.24) is 0 Å². The van der Waals surface area contributed by atoms with Crippen LogP contribution in [0, 0.1) is 11.6 Å². The number of rotatable bonds is 5. The average molecular weight is 293 g/mol. The van der Waals surface area contributed by atoms with Crippen molar-refractivity contribution in [3.8, 4) is 11.5 Å². The Morgan fingerprint density at radius 2 is 1.86 bits per heavy atom. The number of hydrogen-bond donors (Lipinski definition) is 1. The van der Waals surface area contributed by atoms with E-state index in [2.05, 4.69) is 0 Å². The number of benzene rings is 2. The van der Waals surface area contributed by atoms with Gasteiger partial charge in [0, 0.05) is 17.7 Å². The van der Waals surface area contributed by atoms with E-state index >= 15 is 0 Å². The molecule has 0 unspecified atom stereocenters. The first-order chi connectivity index (χ1) is 10.0. The van der Waals surface area contributed by atoms with E-state index in [1.807, 2.05) is 0 Å². The minimum atomic E-state index is -0.467. The van der Waals surface area contributed by atoms with E-state index in [9.17, 15) is 8.78 Å². The van der Waals surface area contributed by atoms with Crippen LogP contribution in [-0.2, 0) is 6.61 Å². The first-order valence-corrected chi connectivity index (χ1v) is 6.51. The first-order valence-electron chi connectivity index (χ1n) is 6.51. The molecule has 2 aromatic rings. The van der Waals surface area contributed by atoms with Crippen LogP contribution in [0.2, 0.25) is 0 Å². The Hall–Kier alpha value is -2.14. The van der Waals surface area contributed by atoms with Crippen molar-refractivity contribution < 1.29 is 18.3 Å². The summed E-state index contributed by atoms with van der Waals surface area (Å²) in [5, 5.41) is 0. The summed E-state index contributed by atoms with van der Waals surface area (Å²) in [5.74, 6) is -0.345. The summed E-state index contributed by atoms with van der Waals surface area (Å²) in [6.07, 6.45) is 0. The van der Waals surface area contributed by atoms with Gasteiger partial charge in [0.2, 0.25) is 0 Å². The number of hydrogen-bond acceptors (Lipinski definition) is 3. The third-order valence-electron chi connectivity index (χ3n) is 3.08. The Kier molecular flexibility index (Phi) is 4.75. The Balaban J connectivity index is 2.16. The zero-order valence-electron chi connectivity index (χ0n) is 11.9. The summed E-state index contributed by atoms with van der Waals surface area (Å²) >= 11 is 0. The Morgan fingerprint density at radius 1 is 1.10 bits per heavy atom. The fourth-order valence-corrected chi connectivity index (χ4v) is 1.97. The highest BCUT2D eigenvalue weighted by Gasteiger charge is 2.10. The van der Waals surface area contributed by atoms with E-state index in [4.69, 9.17) is 15.2 Å². The van der Waals surface area contributed by atoms with Crippen LogP contribution in [0.3, 0.4) is 0 Å². The van der Waals surface area contributed by atoms with Gasteiger partial charge in [0.25, 0.3) is 0 Å². The van der Waals surface area contributed by atoms with Gasteiger partial charge in [0.1, 0.15) is 18.2 Å². The second-order valence-electron chi connectivity index (χ2n) is 4.73. The minimum absolute atomic E-state index is 0.115. The monoisotopic (exact) mass is 293 g/mol. The highest BCUT2D eigenvalue weighted by atomic mass is 19.1. The fraction of sp³-hybridized carbons (Fsp3) is 0.250. The number of halogens is 2. The molecule has 0 bridgehead atoms. The van der Waals surface area contributed by atoms with Crippen LogP contribution in [-0.4, -0.2) is 7.11 Å². The highest BCUT2D eigenvalue weighted by molar-refractivity contribution is 5.36. The summed E-state index contributed by atoms with van der Waals surface area (Å²) in [4.78, 5) is 0. The third-order valence-corrected chi connectivity index (χ3v) is 3.08. The minimum Gasteiger partial charge on any atom is -0.494 e. The number of nitrogens with two attached hydrogens (primary N) is 1. The molecule has 3 nitrogen and oxygen atoms in total. The quantitative estimate of drug-likeness (QED) is 0.916. The van der Waals surface area contributed by atoms with Gasteiger partial charge in [0.05, 0.1) is 7.11 Å². The van der Waals surface area contributed by atoms with E-state index in [1.165, 1.54) is 31.4 Å². The van der Waals surface area contributed by atoms with Gasteiger partial charge in [-0.15, -0.1) is 0 Å². The van der Waals surface area contributed by atoms with Crippen molar-refractivity contribution in [2.45, 2.75) is 19.6 Å². The molecule has 2 aromatic carbocycles. The van der Waals surface area contributed by atoms with Gasteiger partial charge in [-0.1, -0.05) is 12.1 Å². The molecule has 0 aliphatic carbocycles. The fourth-order valence-electron chi connectivity index (χ4n) is 1.97. The summed E-state index contributed by atoms with van der Waals surface area (Å²) < 4.78 is 37.3. The van der Waals surface area contributed by atoms with Crippen molar-refractivity contribution in [1.29, 1.82) is 0 Å². The SMILES string of the molecule is COc1ccc(COc2cc(F)ccc2[C@@H](C)N)cc1F. The molecule has 0 aromatic heterocycles. The highest BCUT2D eigenvalue weighted by Crippen LogP contribution is 2.26. The Bertz CT molecular complexity index is 630. The molecule has 2 N–H and O–H groups in total. The standard InChI is InChI=1S/C16H17F2NO2/c1-10(19)13-5-4-12(17)8-16(13)21-9-11-3-6-15(20-2)14(18)7-11/h3-8,10H,9,19H2,1-2H3/t10-/m1/s1. The van der Waals surface area contributed by atoms with Crippen molar-refractivity contribution in [2.24, 2.45) is 5.73 Å². The van der Waals surface area contributed by atoms with Gasteiger partial charge in [-0.05, 0) is 30.7 Å². The molecule has 1 atom stereocenters. The maximum atomic E-state index is 13.6. The molecule has 0 spiro atoms. The normalized spacial score (nSPS) is 12.0. The Morgan fingerprint density at radius 3 is 2.48 bits per heavy atom. The molecular weight excluding hydrogens is 276 g/mol. The van der Waals surface area contributed by atoms with Crippen LogP contribution in [0.15, 0.2) is 36.4 Å². The lowest BCUT2D eigenvalue weighted by molar-refractivity contribution is 0.298. The molecule has 0 heterocycles. The summed E-state index contributed by atoms with van der Waals surface area (Å²) in [5.41, 5.74) is 7.13. The predicted molar refractivity (Wildman–Crippen MR) is 76.3 cm³/mol. The average Bonchev–Trinajstić information content (AvgIpc) is 2.45. The van der Waals surface area contributed by atoms with Crippen molar-refractivity contribution in [3.63, 3.8) is 0 Å². The molecule has 0 aliphatic heterocycles. The van der Waals surface area contributed by atoms with Crippen LogP contribution in [0.4, 0.5) is 8.78 Å². The smallest absolute Gasteiger partial charge is 0.165 e. The zero-order valence-corrected chi connectivity index (χ0v) is 11.9. The van der Waals surface area contributed by atoms with E-state index in [-0.39, 0.29) is 18.4 Å². The predicted octanol–water partition coefficient (Wildman–Crippen LogP) is 3.57. The molecule has 0 aliphatic rings. The molecule has 5 heteroatoms. The zero-order chi connectivity index (χ0) is 15.4. The van der Waals surface area contributed by atoms with E-state index in [1.54, 1.807) is 19.1 Å². The topological polar surface area (TPSA) is 44.5 Å². The number of methoxy groups -OCH3 is 1. The van der Waals surface area contributed by atoms with Crippen molar-refractivity contribution >= 4 is 0 Å². The maximum absolute atomic E-state index is 13.6. The van der Waals surface area contributed by atoms with E-state index < -0.39 is 11.6 Å². The van der Waals surface area contributed by atoms with Gasteiger partial charge >= 0.3 is 0 Å². The van der Waals surface area contributed by atoms with Crippen molar-refractivity contribution in [3.05, 3.63) is 59.2 Å². The van der Waals surface area contributed by atoms with Crippen LogP contribution >= 0.6 is 0 Å². The number of ether oxygens (including phenoxy) is 2. The molecular formula is C16H17F2NO2. The third kappa shape index (κ3) is 3.70. The molecule has 0 fully saturated rings. The van der Waals surface area contributed by atoms with Gasteiger partial charge in [0.15, 0.2) is 11.6 Å². The Labute approximate surface area is 122 Å². The van der Waals surface area contributed by atoms with Crippen LogP contribution in [0.5, 0.6) is 11.5 Å². The largest absolute Gasteiger partial charge is 0.494 e. The van der Waals surface area contributed by atoms with Crippen LogP contribution in [0.1, 0.15) is 24.1 Å². The van der Waals surface area contributed by atoms with Crippen LogP contribution in [0.25, 0.3) is 0 Å². The van der Waals surface area contributed by atoms with Gasteiger partial charge in [-0.25, -0.2) is 8.78 Å². The molecule has 21 heavy (non-hydrogen) atoms. The first kappa shape index (κ1) is 15.3. The van der Waals surface area contributed by atoms with Gasteiger partial charge in [-0.3, -0.25) is 0 Å². The lowest BCUT2D eigenvalue weighted by Crippen LogP contribution is -2.08. The lowest BCUT2D eigenvalue weighted by Gasteiger charge is -2.14. The summed E-state index contributed by atoms with van der Waals surface area (Å²) in [6, 6.07) is 8.44. The summed E-state index contributed by atoms with van der Waals surface area (Å²) in [6.45, 7) is 1.90. The van der Waals surface area contributed by atoms with E-state index in [0.717, 1.165) is 0 Å². The van der Waals surface area contributed by atoms with Crippen molar-refractivity contribution in [2.75, 3.05) is 7.11 Å². The van der Waals surface area contributed by atoms with Gasteiger partial charge in [-0.2, -0.15) is 0 Å². The lowest BCUT2D eigenvalue weighted by atomic mass is 10.1. The van der Waals surface area contributed by atoms with Gasteiger partial charge < -0.3 is 15.2 Å². The molecule has 112 valence electrons. The molecule has 0 saturated carbocycles. The molecule has 0 radical (unpaired) electrons. The second-order valence-corrected chi connectivity index (χ2v) is 4.73. The molecule has 2 rings (SSSR count). The summed E-state index contributed by atoms with van der Waals surface area (Å²) in [7, 11) is 1.40. The van der Waals surface area contributed by atoms with Crippen LogP contribution < -0.4 is 15.2 Å². The second kappa shape index (κ2) is 6.54. The van der Waals surface area contributed by atoms with E-state index in [0.29, 0.717) is 16.9 Å². The molecule has 0 amide bonds. The maximum Gasteiger partial charge on any atom is 0.165 e.